The molecule has 24 heavy (non-hydrogen) atoms. The van der Waals surface area contributed by atoms with Gasteiger partial charge in [-0.05, 0) is 31.2 Å². The Kier molecular flexibility index (Phi) is 4.69. The van der Waals surface area contributed by atoms with Crippen LogP contribution in [0.2, 0.25) is 10.0 Å². The second-order valence-electron chi connectivity index (χ2n) is 4.93. The topological polar surface area (TPSA) is 80.0 Å². The van der Waals surface area contributed by atoms with Gasteiger partial charge in [0.2, 0.25) is 0 Å². The third-order valence-corrected chi connectivity index (χ3v) is 3.74. The van der Waals surface area contributed by atoms with E-state index in [0.29, 0.717) is 38.7 Å². The Bertz CT molecular complexity index is 875. The standard InChI is InChI=1S/C16H12Cl2N4O2/c1-9-7-14(22-24-9)20-13-8-10(5-6-19-13)16(23)21-15-11(17)3-2-4-12(15)18/h2-8H,1H3,(H,21,23)(H,19,20,22). The zero-order valence-corrected chi connectivity index (χ0v) is 14.0. The lowest BCUT2D eigenvalue weighted by atomic mass is 10.2. The maximum Gasteiger partial charge on any atom is 0.255 e. The molecule has 0 bridgehead atoms. The highest BCUT2D eigenvalue weighted by Crippen LogP contribution is 2.30. The largest absolute Gasteiger partial charge is 0.360 e. The van der Waals surface area contributed by atoms with E-state index in [1.54, 1.807) is 43.3 Å². The Morgan fingerprint density at radius 1 is 1.12 bits per heavy atom. The fourth-order valence-corrected chi connectivity index (χ4v) is 2.49. The summed E-state index contributed by atoms with van der Waals surface area (Å²) in [7, 11) is 0. The van der Waals surface area contributed by atoms with Crippen LogP contribution in [0.4, 0.5) is 17.3 Å². The molecule has 8 heteroatoms. The van der Waals surface area contributed by atoms with Gasteiger partial charge in [-0.1, -0.05) is 34.4 Å². The van der Waals surface area contributed by atoms with Crippen molar-refractivity contribution in [2.75, 3.05) is 10.6 Å². The molecule has 2 aromatic heterocycles. The predicted molar refractivity (Wildman–Crippen MR) is 93.2 cm³/mol. The summed E-state index contributed by atoms with van der Waals surface area (Å²) in [6.45, 7) is 1.78. The highest BCUT2D eigenvalue weighted by atomic mass is 35.5. The van der Waals surface area contributed by atoms with Gasteiger partial charge in [0.1, 0.15) is 11.6 Å². The van der Waals surface area contributed by atoms with E-state index in [1.807, 2.05) is 0 Å². The quantitative estimate of drug-likeness (QED) is 0.704. The number of pyridine rings is 1. The fraction of sp³-hybridized carbons (Fsp3) is 0.0625. The fourth-order valence-electron chi connectivity index (χ4n) is 2.00. The van der Waals surface area contributed by atoms with Crippen molar-refractivity contribution >= 4 is 46.4 Å². The lowest BCUT2D eigenvalue weighted by Gasteiger charge is -2.10. The van der Waals surface area contributed by atoms with Crippen molar-refractivity contribution in [1.29, 1.82) is 0 Å². The SMILES string of the molecule is Cc1cc(Nc2cc(C(=O)Nc3c(Cl)cccc3Cl)ccn2)no1. The van der Waals surface area contributed by atoms with Gasteiger partial charge in [-0.3, -0.25) is 4.79 Å². The molecular formula is C16H12Cl2N4O2. The van der Waals surface area contributed by atoms with E-state index in [1.165, 1.54) is 6.20 Å². The molecule has 1 aromatic carbocycles. The molecule has 1 amide bonds. The predicted octanol–water partition coefficient (Wildman–Crippen LogP) is 4.68. The first kappa shape index (κ1) is 16.3. The summed E-state index contributed by atoms with van der Waals surface area (Å²) < 4.78 is 4.97. The molecular weight excluding hydrogens is 351 g/mol. The number of carbonyl (C=O) groups is 1. The van der Waals surface area contributed by atoms with Gasteiger partial charge in [-0.25, -0.2) is 4.98 Å². The molecule has 3 rings (SSSR count). The van der Waals surface area contributed by atoms with Gasteiger partial charge in [-0.15, -0.1) is 0 Å². The molecule has 3 aromatic rings. The van der Waals surface area contributed by atoms with Crippen LogP contribution in [0, 0.1) is 6.92 Å². The van der Waals surface area contributed by atoms with E-state index < -0.39 is 0 Å². The summed E-state index contributed by atoms with van der Waals surface area (Å²) in [5.41, 5.74) is 0.757. The molecule has 0 fully saturated rings. The van der Waals surface area contributed by atoms with E-state index in [9.17, 15) is 4.79 Å². The summed E-state index contributed by atoms with van der Waals surface area (Å²) >= 11 is 12.1. The number of nitrogens with one attached hydrogen (secondary N) is 2. The first-order chi connectivity index (χ1) is 11.5. The van der Waals surface area contributed by atoms with E-state index >= 15 is 0 Å². The van der Waals surface area contributed by atoms with Crippen LogP contribution in [0.5, 0.6) is 0 Å². The van der Waals surface area contributed by atoms with Crippen molar-refractivity contribution in [3.63, 3.8) is 0 Å². The minimum absolute atomic E-state index is 0.355. The number of nitrogens with zero attached hydrogens (tertiary/aromatic N) is 2. The van der Waals surface area contributed by atoms with Gasteiger partial charge < -0.3 is 15.2 Å². The van der Waals surface area contributed by atoms with Crippen LogP contribution < -0.4 is 10.6 Å². The summed E-state index contributed by atoms with van der Waals surface area (Å²) in [5.74, 6) is 1.28. The first-order valence-electron chi connectivity index (χ1n) is 6.94. The molecule has 0 atom stereocenters. The molecule has 0 aliphatic rings. The van der Waals surface area contributed by atoms with Crippen LogP contribution in [0.15, 0.2) is 47.1 Å². The van der Waals surface area contributed by atoms with Gasteiger partial charge in [0.05, 0.1) is 15.7 Å². The molecule has 6 nitrogen and oxygen atoms in total. The van der Waals surface area contributed by atoms with Crippen LogP contribution in [-0.2, 0) is 0 Å². The lowest BCUT2D eigenvalue weighted by molar-refractivity contribution is 0.102. The van der Waals surface area contributed by atoms with Crippen molar-refractivity contribution in [2.24, 2.45) is 0 Å². The third kappa shape index (κ3) is 3.67. The maximum absolute atomic E-state index is 12.4. The number of aryl methyl sites for hydroxylation is 1. The Morgan fingerprint density at radius 3 is 2.54 bits per heavy atom. The number of hydrogen-bond donors (Lipinski definition) is 2. The third-order valence-electron chi connectivity index (χ3n) is 3.11. The Labute approximate surface area is 147 Å². The molecule has 0 radical (unpaired) electrons. The Morgan fingerprint density at radius 2 is 1.88 bits per heavy atom. The maximum atomic E-state index is 12.4. The minimum atomic E-state index is -0.355. The average Bonchev–Trinajstić information content (AvgIpc) is 2.96. The summed E-state index contributed by atoms with van der Waals surface area (Å²) in [5, 5.41) is 10.2. The second kappa shape index (κ2) is 6.90. The van der Waals surface area contributed by atoms with Crippen molar-refractivity contribution in [1.82, 2.24) is 10.1 Å². The first-order valence-corrected chi connectivity index (χ1v) is 7.70. The number of rotatable bonds is 4. The highest BCUT2D eigenvalue weighted by molar-refractivity contribution is 6.40. The van der Waals surface area contributed by atoms with Gasteiger partial charge in [-0.2, -0.15) is 0 Å². The number of anilines is 3. The van der Waals surface area contributed by atoms with E-state index in [4.69, 9.17) is 27.7 Å². The number of para-hydroxylation sites is 1. The molecule has 2 heterocycles. The van der Waals surface area contributed by atoms with Crippen LogP contribution in [0.1, 0.15) is 16.1 Å². The molecule has 0 unspecified atom stereocenters. The van der Waals surface area contributed by atoms with Crippen LogP contribution >= 0.6 is 23.2 Å². The number of amides is 1. The molecule has 2 N–H and O–H groups in total. The average molecular weight is 363 g/mol. The Hall–Kier alpha value is -2.57. The smallest absolute Gasteiger partial charge is 0.255 e. The molecule has 0 saturated carbocycles. The molecule has 122 valence electrons. The summed E-state index contributed by atoms with van der Waals surface area (Å²) in [4.78, 5) is 16.6. The number of aromatic nitrogens is 2. The number of benzene rings is 1. The van der Waals surface area contributed by atoms with E-state index in [-0.39, 0.29) is 5.91 Å². The zero-order chi connectivity index (χ0) is 17.1. The summed E-state index contributed by atoms with van der Waals surface area (Å²) in [6.07, 6.45) is 1.51. The van der Waals surface area contributed by atoms with Gasteiger partial charge in [0, 0.05) is 17.8 Å². The van der Waals surface area contributed by atoms with Crippen molar-refractivity contribution in [3.8, 4) is 0 Å². The summed E-state index contributed by atoms with van der Waals surface area (Å²) in [6, 6.07) is 9.89. The monoisotopic (exact) mass is 362 g/mol. The second-order valence-corrected chi connectivity index (χ2v) is 5.74. The minimum Gasteiger partial charge on any atom is -0.360 e. The van der Waals surface area contributed by atoms with Crippen LogP contribution in [0.25, 0.3) is 0 Å². The van der Waals surface area contributed by atoms with Crippen LogP contribution in [-0.4, -0.2) is 16.0 Å². The number of hydrogen-bond acceptors (Lipinski definition) is 5. The van der Waals surface area contributed by atoms with Crippen molar-refractivity contribution in [2.45, 2.75) is 6.92 Å². The van der Waals surface area contributed by atoms with E-state index in [2.05, 4.69) is 20.8 Å². The van der Waals surface area contributed by atoms with Crippen molar-refractivity contribution < 1.29 is 9.32 Å². The van der Waals surface area contributed by atoms with Crippen molar-refractivity contribution in [3.05, 3.63) is 64.0 Å². The lowest BCUT2D eigenvalue weighted by Crippen LogP contribution is -2.13. The number of carbonyl (C=O) groups excluding carboxylic acids is 1. The normalized spacial score (nSPS) is 10.5. The van der Waals surface area contributed by atoms with Crippen LogP contribution in [0.3, 0.4) is 0 Å². The van der Waals surface area contributed by atoms with Gasteiger partial charge in [0.15, 0.2) is 5.82 Å². The Balaban J connectivity index is 1.79. The number of halogens is 2. The van der Waals surface area contributed by atoms with Gasteiger partial charge in [0.25, 0.3) is 5.91 Å². The van der Waals surface area contributed by atoms with E-state index in [0.717, 1.165) is 0 Å². The highest BCUT2D eigenvalue weighted by Gasteiger charge is 2.12. The zero-order valence-electron chi connectivity index (χ0n) is 12.5. The molecule has 0 aliphatic heterocycles. The molecule has 0 saturated heterocycles. The molecule has 0 aliphatic carbocycles. The molecule has 0 spiro atoms. The van der Waals surface area contributed by atoms with Gasteiger partial charge >= 0.3 is 0 Å².